The quantitative estimate of drug-likeness (QED) is 0.582. The molecular formula is C20H24N2O4. The van der Waals surface area contributed by atoms with Crippen molar-refractivity contribution in [3.63, 3.8) is 0 Å². The molecule has 0 spiro atoms. The normalized spacial score (nSPS) is 10.8. The van der Waals surface area contributed by atoms with Crippen LogP contribution in [0.1, 0.15) is 30.9 Å². The minimum absolute atomic E-state index is 0.112. The maximum atomic E-state index is 11.9. The van der Waals surface area contributed by atoms with Crippen LogP contribution in [0.4, 0.5) is 0 Å². The van der Waals surface area contributed by atoms with Gasteiger partial charge in [-0.2, -0.15) is 5.10 Å². The van der Waals surface area contributed by atoms with Crippen LogP contribution in [-0.4, -0.2) is 32.9 Å². The lowest BCUT2D eigenvalue weighted by molar-refractivity contribution is -0.123. The third-order valence-electron chi connectivity index (χ3n) is 3.73. The number of benzene rings is 2. The van der Waals surface area contributed by atoms with Crippen molar-refractivity contribution in [3.8, 4) is 17.2 Å². The minimum Gasteiger partial charge on any atom is -0.497 e. The molecule has 0 aliphatic carbocycles. The Kier molecular flexibility index (Phi) is 7.02. The van der Waals surface area contributed by atoms with E-state index in [9.17, 15) is 4.79 Å². The summed E-state index contributed by atoms with van der Waals surface area (Å²) in [6.07, 6.45) is 1.51. The van der Waals surface area contributed by atoms with Gasteiger partial charge in [-0.25, -0.2) is 5.43 Å². The Labute approximate surface area is 153 Å². The minimum atomic E-state index is -0.344. The number of methoxy groups -OCH3 is 2. The van der Waals surface area contributed by atoms with Gasteiger partial charge in [0.2, 0.25) is 0 Å². The average Bonchev–Trinajstić information content (AvgIpc) is 2.66. The number of hydrazone groups is 1. The van der Waals surface area contributed by atoms with E-state index in [1.165, 1.54) is 6.21 Å². The molecule has 0 saturated heterocycles. The molecule has 0 saturated carbocycles. The Hall–Kier alpha value is -3.02. The van der Waals surface area contributed by atoms with Gasteiger partial charge in [-0.05, 0) is 35.7 Å². The van der Waals surface area contributed by atoms with Crippen LogP contribution in [0.25, 0.3) is 0 Å². The Morgan fingerprint density at radius 2 is 1.92 bits per heavy atom. The van der Waals surface area contributed by atoms with Crippen LogP contribution in [0.3, 0.4) is 0 Å². The molecular weight excluding hydrogens is 332 g/mol. The van der Waals surface area contributed by atoms with Gasteiger partial charge in [0.1, 0.15) is 17.2 Å². The molecule has 0 aliphatic heterocycles. The smallest absolute Gasteiger partial charge is 0.277 e. The topological polar surface area (TPSA) is 69.2 Å². The Balaban J connectivity index is 1.89. The number of carbonyl (C=O) groups is 1. The lowest BCUT2D eigenvalue weighted by Crippen LogP contribution is -2.24. The highest BCUT2D eigenvalue weighted by atomic mass is 16.5. The number of carbonyl (C=O) groups excluding carboxylic acids is 1. The number of hydrogen-bond donors (Lipinski definition) is 1. The van der Waals surface area contributed by atoms with E-state index < -0.39 is 0 Å². The third-order valence-corrected chi connectivity index (χ3v) is 3.73. The molecule has 1 amide bonds. The van der Waals surface area contributed by atoms with Crippen molar-refractivity contribution in [2.24, 2.45) is 5.10 Å². The largest absolute Gasteiger partial charge is 0.497 e. The zero-order valence-corrected chi connectivity index (χ0v) is 15.5. The fourth-order valence-electron chi connectivity index (χ4n) is 2.24. The first-order chi connectivity index (χ1) is 12.5. The summed E-state index contributed by atoms with van der Waals surface area (Å²) in [5.41, 5.74) is 4.32. The van der Waals surface area contributed by atoms with Crippen molar-refractivity contribution in [3.05, 3.63) is 53.6 Å². The van der Waals surface area contributed by atoms with Crippen molar-refractivity contribution < 1.29 is 19.0 Å². The zero-order valence-electron chi connectivity index (χ0n) is 15.5. The van der Waals surface area contributed by atoms with Gasteiger partial charge in [-0.15, -0.1) is 0 Å². The summed E-state index contributed by atoms with van der Waals surface area (Å²) in [5, 5.41) is 3.94. The molecule has 0 atom stereocenters. The number of nitrogens with one attached hydrogen (secondary N) is 1. The van der Waals surface area contributed by atoms with Crippen LogP contribution in [0.5, 0.6) is 17.2 Å². The number of hydrogen-bond acceptors (Lipinski definition) is 5. The van der Waals surface area contributed by atoms with E-state index in [4.69, 9.17) is 14.2 Å². The van der Waals surface area contributed by atoms with Crippen LogP contribution in [0.2, 0.25) is 0 Å². The van der Waals surface area contributed by atoms with E-state index in [1.807, 2.05) is 24.3 Å². The second kappa shape index (κ2) is 9.46. The van der Waals surface area contributed by atoms with Crippen LogP contribution in [-0.2, 0) is 4.79 Å². The van der Waals surface area contributed by atoms with Gasteiger partial charge in [-0.1, -0.05) is 26.0 Å². The molecule has 0 aliphatic rings. The maximum absolute atomic E-state index is 11.9. The molecule has 0 unspecified atom stereocenters. The molecule has 0 heterocycles. The lowest BCUT2D eigenvalue weighted by atomic mass is 10.0. The van der Waals surface area contributed by atoms with E-state index in [0.717, 1.165) is 11.1 Å². The van der Waals surface area contributed by atoms with Crippen molar-refractivity contribution in [1.29, 1.82) is 0 Å². The molecule has 2 rings (SSSR count). The molecule has 0 fully saturated rings. The summed E-state index contributed by atoms with van der Waals surface area (Å²) in [6, 6.07) is 13.0. The van der Waals surface area contributed by atoms with Gasteiger partial charge in [0.25, 0.3) is 5.91 Å². The summed E-state index contributed by atoms with van der Waals surface area (Å²) in [5.74, 6) is 2.00. The van der Waals surface area contributed by atoms with Gasteiger partial charge >= 0.3 is 0 Å². The maximum Gasteiger partial charge on any atom is 0.277 e. The monoisotopic (exact) mass is 356 g/mol. The highest BCUT2D eigenvalue weighted by molar-refractivity contribution is 5.85. The fraction of sp³-hybridized carbons (Fsp3) is 0.300. The van der Waals surface area contributed by atoms with E-state index in [-0.39, 0.29) is 12.5 Å². The van der Waals surface area contributed by atoms with Crippen LogP contribution in [0, 0.1) is 0 Å². The molecule has 1 N–H and O–H groups in total. The van der Waals surface area contributed by atoms with Crippen LogP contribution < -0.4 is 19.6 Å². The Bertz CT molecular complexity index is 772. The molecule has 2 aromatic rings. The first kappa shape index (κ1) is 19.3. The second-order valence-electron chi connectivity index (χ2n) is 5.92. The molecule has 26 heavy (non-hydrogen) atoms. The van der Waals surface area contributed by atoms with Gasteiger partial charge in [0.15, 0.2) is 6.61 Å². The summed E-state index contributed by atoms with van der Waals surface area (Å²) in [4.78, 5) is 11.9. The van der Waals surface area contributed by atoms with Crippen molar-refractivity contribution >= 4 is 12.1 Å². The first-order valence-electron chi connectivity index (χ1n) is 8.30. The summed E-state index contributed by atoms with van der Waals surface area (Å²) >= 11 is 0. The zero-order chi connectivity index (χ0) is 18.9. The van der Waals surface area contributed by atoms with E-state index in [0.29, 0.717) is 23.2 Å². The average molecular weight is 356 g/mol. The standard InChI is InChI=1S/C20H24N2O4/c1-14(2)15-6-5-7-18(10-15)26-13-20(23)22-21-12-16-8-9-17(24-3)11-19(16)25-4/h5-12,14H,13H2,1-4H3,(H,22,23)/b21-12+. The van der Waals surface area contributed by atoms with Crippen molar-refractivity contribution in [1.82, 2.24) is 5.43 Å². The molecule has 6 nitrogen and oxygen atoms in total. The van der Waals surface area contributed by atoms with Crippen molar-refractivity contribution in [2.45, 2.75) is 19.8 Å². The summed E-state index contributed by atoms with van der Waals surface area (Å²) in [6.45, 7) is 4.10. The number of amides is 1. The molecule has 2 aromatic carbocycles. The second-order valence-corrected chi connectivity index (χ2v) is 5.92. The fourth-order valence-corrected chi connectivity index (χ4v) is 2.24. The Morgan fingerprint density at radius 1 is 1.12 bits per heavy atom. The molecule has 0 aromatic heterocycles. The van der Waals surface area contributed by atoms with Gasteiger partial charge < -0.3 is 14.2 Å². The van der Waals surface area contributed by atoms with Crippen LogP contribution >= 0.6 is 0 Å². The molecule has 0 bridgehead atoms. The third kappa shape index (κ3) is 5.51. The highest BCUT2D eigenvalue weighted by Crippen LogP contribution is 2.23. The van der Waals surface area contributed by atoms with Crippen molar-refractivity contribution in [2.75, 3.05) is 20.8 Å². The summed E-state index contributed by atoms with van der Waals surface area (Å²) in [7, 11) is 3.14. The van der Waals surface area contributed by atoms with Gasteiger partial charge in [0, 0.05) is 11.6 Å². The van der Waals surface area contributed by atoms with Crippen LogP contribution in [0.15, 0.2) is 47.6 Å². The number of nitrogens with zero attached hydrogens (tertiary/aromatic N) is 1. The molecule has 6 heteroatoms. The summed E-state index contributed by atoms with van der Waals surface area (Å²) < 4.78 is 15.9. The van der Waals surface area contributed by atoms with Gasteiger partial charge in [0.05, 0.1) is 20.4 Å². The number of rotatable bonds is 8. The van der Waals surface area contributed by atoms with E-state index in [1.54, 1.807) is 32.4 Å². The molecule has 138 valence electrons. The SMILES string of the molecule is COc1ccc(/C=N/NC(=O)COc2cccc(C(C)C)c2)c(OC)c1. The lowest BCUT2D eigenvalue weighted by Gasteiger charge is -2.09. The predicted octanol–water partition coefficient (Wildman–Crippen LogP) is 3.36. The predicted molar refractivity (Wildman–Crippen MR) is 101 cm³/mol. The Morgan fingerprint density at radius 3 is 2.62 bits per heavy atom. The highest BCUT2D eigenvalue weighted by Gasteiger charge is 2.05. The molecule has 0 radical (unpaired) electrons. The van der Waals surface area contributed by atoms with E-state index >= 15 is 0 Å². The number of ether oxygens (including phenoxy) is 3. The van der Waals surface area contributed by atoms with Gasteiger partial charge in [-0.3, -0.25) is 4.79 Å². The first-order valence-corrected chi connectivity index (χ1v) is 8.30. The van der Waals surface area contributed by atoms with E-state index in [2.05, 4.69) is 24.4 Å².